The van der Waals surface area contributed by atoms with Crippen LogP contribution in [0.25, 0.3) is 16.9 Å². The van der Waals surface area contributed by atoms with Crippen LogP contribution in [0.5, 0.6) is 17.2 Å². The summed E-state index contributed by atoms with van der Waals surface area (Å²) in [6, 6.07) is 16.8. The van der Waals surface area contributed by atoms with E-state index in [2.05, 4.69) is 5.32 Å². The van der Waals surface area contributed by atoms with Crippen molar-refractivity contribution in [1.82, 2.24) is 9.38 Å². The first-order valence-electron chi connectivity index (χ1n) is 8.86. The summed E-state index contributed by atoms with van der Waals surface area (Å²) < 4.78 is 12.7. The van der Waals surface area contributed by atoms with Crippen molar-refractivity contribution in [3.05, 3.63) is 66.4 Å². The Morgan fingerprint density at radius 1 is 0.964 bits per heavy atom. The van der Waals surface area contributed by atoms with Gasteiger partial charge in [-0.15, -0.1) is 0 Å². The summed E-state index contributed by atoms with van der Waals surface area (Å²) >= 11 is 0. The Labute approximate surface area is 163 Å². The third-order valence-corrected chi connectivity index (χ3v) is 4.55. The number of phenolic OH excluding ortho intramolecular Hbond substituents is 1. The average Bonchev–Trinajstić information content (AvgIpc) is 3.05. The summed E-state index contributed by atoms with van der Waals surface area (Å²) in [4.78, 5) is 4.79. The molecule has 0 fully saturated rings. The van der Waals surface area contributed by atoms with Gasteiger partial charge in [-0.25, -0.2) is 4.98 Å². The van der Waals surface area contributed by atoms with Crippen LogP contribution < -0.4 is 14.8 Å². The average molecular weight is 375 g/mol. The fourth-order valence-electron chi connectivity index (χ4n) is 3.17. The summed E-state index contributed by atoms with van der Waals surface area (Å²) in [7, 11) is 3.22. The maximum atomic E-state index is 9.91. The molecule has 4 rings (SSSR count). The molecule has 142 valence electrons. The van der Waals surface area contributed by atoms with Gasteiger partial charge >= 0.3 is 0 Å². The van der Waals surface area contributed by atoms with Crippen molar-refractivity contribution in [2.45, 2.75) is 6.92 Å². The molecular weight excluding hydrogens is 354 g/mol. The minimum absolute atomic E-state index is 0.197. The number of methoxy groups -OCH3 is 2. The molecule has 0 unspecified atom stereocenters. The number of benzene rings is 2. The van der Waals surface area contributed by atoms with Crippen LogP contribution in [-0.2, 0) is 0 Å². The van der Waals surface area contributed by atoms with Gasteiger partial charge in [0.15, 0.2) is 11.5 Å². The number of rotatable bonds is 5. The van der Waals surface area contributed by atoms with Crippen LogP contribution in [0.15, 0.2) is 60.8 Å². The van der Waals surface area contributed by atoms with E-state index in [1.54, 1.807) is 32.4 Å². The van der Waals surface area contributed by atoms with Crippen molar-refractivity contribution in [2.75, 3.05) is 19.5 Å². The highest BCUT2D eigenvalue weighted by molar-refractivity contribution is 5.80. The fraction of sp³-hybridized carbons (Fsp3) is 0.136. The van der Waals surface area contributed by atoms with Crippen LogP contribution in [0, 0.1) is 6.92 Å². The minimum Gasteiger partial charge on any atom is -0.508 e. The van der Waals surface area contributed by atoms with Gasteiger partial charge in [0.2, 0.25) is 0 Å². The molecule has 0 saturated heterocycles. The van der Waals surface area contributed by atoms with Gasteiger partial charge < -0.3 is 19.9 Å². The Bertz CT molecular complexity index is 1150. The summed E-state index contributed by atoms with van der Waals surface area (Å²) in [6.45, 7) is 2.03. The molecule has 0 aliphatic rings. The molecule has 0 saturated carbocycles. The van der Waals surface area contributed by atoms with Crippen molar-refractivity contribution >= 4 is 17.2 Å². The number of aryl methyl sites for hydroxylation is 1. The molecule has 0 bridgehead atoms. The van der Waals surface area contributed by atoms with E-state index in [4.69, 9.17) is 14.5 Å². The predicted octanol–water partition coefficient (Wildman–Crippen LogP) is 4.78. The topological polar surface area (TPSA) is 68.0 Å². The third-order valence-electron chi connectivity index (χ3n) is 4.55. The first kappa shape index (κ1) is 17.7. The third kappa shape index (κ3) is 3.20. The number of imidazole rings is 1. The first-order chi connectivity index (χ1) is 13.6. The maximum Gasteiger partial charge on any atom is 0.162 e. The number of phenols is 1. The van der Waals surface area contributed by atoms with Crippen molar-refractivity contribution < 1.29 is 14.6 Å². The summed E-state index contributed by atoms with van der Waals surface area (Å²) in [5, 5.41) is 13.4. The second-order valence-corrected chi connectivity index (χ2v) is 6.49. The summed E-state index contributed by atoms with van der Waals surface area (Å²) in [5.74, 6) is 2.29. The number of pyridine rings is 1. The van der Waals surface area contributed by atoms with Gasteiger partial charge in [0, 0.05) is 23.5 Å². The maximum absolute atomic E-state index is 9.91. The zero-order valence-electron chi connectivity index (χ0n) is 15.9. The Balaban J connectivity index is 1.86. The van der Waals surface area contributed by atoms with E-state index >= 15 is 0 Å². The number of hydrogen-bond donors (Lipinski definition) is 2. The second-order valence-electron chi connectivity index (χ2n) is 6.49. The van der Waals surface area contributed by atoms with E-state index in [9.17, 15) is 5.11 Å². The molecule has 28 heavy (non-hydrogen) atoms. The number of nitrogens with one attached hydrogen (secondary N) is 1. The van der Waals surface area contributed by atoms with Gasteiger partial charge in [-0.3, -0.25) is 4.40 Å². The lowest BCUT2D eigenvalue weighted by Crippen LogP contribution is -1.98. The molecule has 2 aromatic carbocycles. The van der Waals surface area contributed by atoms with E-state index < -0.39 is 0 Å². The largest absolute Gasteiger partial charge is 0.508 e. The Kier molecular flexibility index (Phi) is 4.53. The highest BCUT2D eigenvalue weighted by Gasteiger charge is 2.16. The number of anilines is 2. The zero-order valence-corrected chi connectivity index (χ0v) is 15.9. The van der Waals surface area contributed by atoms with Gasteiger partial charge in [-0.2, -0.15) is 0 Å². The monoisotopic (exact) mass is 375 g/mol. The van der Waals surface area contributed by atoms with Gasteiger partial charge in [-0.05, 0) is 48.9 Å². The molecule has 0 radical (unpaired) electrons. The van der Waals surface area contributed by atoms with E-state index in [0.717, 1.165) is 34.0 Å². The van der Waals surface area contributed by atoms with Crippen molar-refractivity contribution in [1.29, 1.82) is 0 Å². The van der Waals surface area contributed by atoms with E-state index in [1.165, 1.54) is 0 Å². The van der Waals surface area contributed by atoms with Crippen LogP contribution >= 0.6 is 0 Å². The molecule has 2 heterocycles. The van der Waals surface area contributed by atoms with Gasteiger partial charge in [0.1, 0.15) is 22.9 Å². The quantitative estimate of drug-likeness (QED) is 0.526. The normalized spacial score (nSPS) is 10.8. The lowest BCUT2D eigenvalue weighted by molar-refractivity contribution is 0.355. The Morgan fingerprint density at radius 2 is 1.79 bits per heavy atom. The van der Waals surface area contributed by atoms with Gasteiger partial charge in [0.05, 0.1) is 14.2 Å². The Morgan fingerprint density at radius 3 is 2.54 bits per heavy atom. The minimum atomic E-state index is 0.197. The van der Waals surface area contributed by atoms with E-state index in [1.807, 2.05) is 53.9 Å². The number of hydrogen-bond acceptors (Lipinski definition) is 5. The number of nitrogens with zero attached hydrogens (tertiary/aromatic N) is 2. The molecule has 6 heteroatoms. The lowest BCUT2D eigenvalue weighted by Gasteiger charge is -2.12. The molecule has 0 aliphatic heterocycles. The fourth-order valence-corrected chi connectivity index (χ4v) is 3.17. The molecule has 0 atom stereocenters. The van der Waals surface area contributed by atoms with Crippen LogP contribution in [0.1, 0.15) is 5.56 Å². The standard InChI is InChI=1S/C22H21N3O3/c1-14-9-10-25-20(11-14)24-21(15-5-4-6-17(26)12-15)22(25)23-16-7-8-18(27-2)19(13-16)28-3/h4-13,23,26H,1-3H3. The molecular formula is C22H21N3O3. The number of aromatic hydroxyl groups is 1. The van der Waals surface area contributed by atoms with Crippen LogP contribution in [0.4, 0.5) is 11.5 Å². The number of ether oxygens (including phenoxy) is 2. The first-order valence-corrected chi connectivity index (χ1v) is 8.86. The second kappa shape index (κ2) is 7.15. The van der Waals surface area contributed by atoms with E-state index in [-0.39, 0.29) is 5.75 Å². The van der Waals surface area contributed by atoms with Gasteiger partial charge in [-0.1, -0.05) is 12.1 Å². The number of fused-ring (bicyclic) bond motifs is 1. The zero-order chi connectivity index (χ0) is 19.7. The summed E-state index contributed by atoms with van der Waals surface area (Å²) in [5.41, 5.74) is 4.35. The van der Waals surface area contributed by atoms with Crippen molar-refractivity contribution in [2.24, 2.45) is 0 Å². The highest BCUT2D eigenvalue weighted by Crippen LogP contribution is 2.35. The van der Waals surface area contributed by atoms with Crippen LogP contribution in [-0.4, -0.2) is 28.7 Å². The highest BCUT2D eigenvalue weighted by atomic mass is 16.5. The predicted molar refractivity (Wildman–Crippen MR) is 110 cm³/mol. The van der Waals surface area contributed by atoms with Crippen molar-refractivity contribution in [3.8, 4) is 28.5 Å². The smallest absolute Gasteiger partial charge is 0.162 e. The Hall–Kier alpha value is -3.67. The molecule has 0 spiro atoms. The van der Waals surface area contributed by atoms with Crippen LogP contribution in [0.3, 0.4) is 0 Å². The SMILES string of the molecule is COc1ccc(Nc2c(-c3cccc(O)c3)nc3cc(C)ccn23)cc1OC. The number of aromatic nitrogens is 2. The molecule has 6 nitrogen and oxygen atoms in total. The molecule has 2 N–H and O–H groups in total. The summed E-state index contributed by atoms with van der Waals surface area (Å²) in [6.07, 6.45) is 1.98. The van der Waals surface area contributed by atoms with Gasteiger partial charge in [0.25, 0.3) is 0 Å². The molecule has 0 aliphatic carbocycles. The molecule has 2 aromatic heterocycles. The molecule has 0 amide bonds. The molecule has 4 aromatic rings. The lowest BCUT2D eigenvalue weighted by atomic mass is 10.1. The van der Waals surface area contributed by atoms with E-state index in [0.29, 0.717) is 11.5 Å². The van der Waals surface area contributed by atoms with Crippen LogP contribution in [0.2, 0.25) is 0 Å². The van der Waals surface area contributed by atoms with Crippen molar-refractivity contribution in [3.63, 3.8) is 0 Å².